The number of aldehydes is 1. The van der Waals surface area contributed by atoms with Gasteiger partial charge in [0.15, 0.2) is 6.29 Å². The van der Waals surface area contributed by atoms with E-state index in [1.165, 1.54) is 18.6 Å². The van der Waals surface area contributed by atoms with Crippen LogP contribution in [0.3, 0.4) is 0 Å². The maximum atomic E-state index is 11.4. The summed E-state index contributed by atoms with van der Waals surface area (Å²) < 4.78 is 5.24. The molecule has 0 saturated heterocycles. The summed E-state index contributed by atoms with van der Waals surface area (Å²) in [7, 11) is 0. The topological polar surface area (TPSA) is 55.5 Å². The Labute approximate surface area is 122 Å². The van der Waals surface area contributed by atoms with Crippen LogP contribution in [0.4, 0.5) is 5.69 Å². The molecule has 0 N–H and O–H groups in total. The van der Waals surface area contributed by atoms with Crippen molar-refractivity contribution in [2.24, 2.45) is 10.9 Å². The zero-order chi connectivity index (χ0) is 14.6. The van der Waals surface area contributed by atoms with Gasteiger partial charge in [-0.2, -0.15) is 0 Å². The Morgan fingerprint density at radius 3 is 2.71 bits per heavy atom. The third-order valence-corrected chi connectivity index (χ3v) is 4.34. The van der Waals surface area contributed by atoms with Gasteiger partial charge in [0.25, 0.3) is 0 Å². The van der Waals surface area contributed by atoms with E-state index in [1.54, 1.807) is 0 Å². The zero-order valence-electron chi connectivity index (χ0n) is 12.1. The Bertz CT molecular complexity index is 763. The van der Waals surface area contributed by atoms with Crippen LogP contribution in [0.5, 0.6) is 0 Å². The third kappa shape index (κ3) is 1.94. The fourth-order valence-electron chi connectivity index (χ4n) is 3.15. The van der Waals surface area contributed by atoms with Gasteiger partial charge in [0.05, 0.1) is 11.4 Å². The molecule has 0 atom stereocenters. The molecule has 0 amide bonds. The Balaban J connectivity index is 1.85. The number of aromatic nitrogens is 1. The van der Waals surface area contributed by atoms with Gasteiger partial charge < -0.3 is 4.52 Å². The monoisotopic (exact) mass is 280 g/mol. The number of hydrogen-bond donors (Lipinski definition) is 0. The molecule has 0 unspecified atom stereocenters. The molecule has 0 bridgehead atoms. The van der Waals surface area contributed by atoms with Crippen molar-refractivity contribution in [3.05, 3.63) is 34.7 Å². The maximum Gasteiger partial charge on any atom is 0.152 e. The fourth-order valence-corrected chi connectivity index (χ4v) is 3.15. The van der Waals surface area contributed by atoms with E-state index in [0.717, 1.165) is 46.5 Å². The first-order chi connectivity index (χ1) is 10.2. The lowest BCUT2D eigenvalue weighted by atomic mass is 9.96. The van der Waals surface area contributed by atoms with E-state index in [-0.39, 0.29) is 0 Å². The van der Waals surface area contributed by atoms with Gasteiger partial charge in [0, 0.05) is 23.3 Å². The summed E-state index contributed by atoms with van der Waals surface area (Å²) in [5.41, 5.74) is 6.76. The molecule has 1 saturated carbocycles. The van der Waals surface area contributed by atoms with Crippen LogP contribution < -0.4 is 0 Å². The summed E-state index contributed by atoms with van der Waals surface area (Å²) in [4.78, 5) is 16.1. The number of aryl methyl sites for hydroxylation is 2. The van der Waals surface area contributed by atoms with Crippen LogP contribution in [-0.4, -0.2) is 17.2 Å². The minimum absolute atomic E-state index is 0.638. The Kier molecular flexibility index (Phi) is 2.61. The Morgan fingerprint density at radius 2 is 2.10 bits per heavy atom. The number of nitrogens with zero attached hydrogens (tertiary/aromatic N) is 2. The summed E-state index contributed by atoms with van der Waals surface area (Å²) in [5.74, 6) is 1.42. The second-order valence-corrected chi connectivity index (χ2v) is 5.94. The number of carbonyl (C=O) groups is 1. The SMILES string of the molecule is Cc1noc(C)c1-c1cc(C=O)c2c(c1)CC(C1CC1)=N2. The van der Waals surface area contributed by atoms with Crippen LogP contribution >= 0.6 is 0 Å². The quantitative estimate of drug-likeness (QED) is 0.803. The molecule has 4 nitrogen and oxygen atoms in total. The Morgan fingerprint density at radius 1 is 1.29 bits per heavy atom. The van der Waals surface area contributed by atoms with Crippen LogP contribution in [0.2, 0.25) is 0 Å². The van der Waals surface area contributed by atoms with Gasteiger partial charge >= 0.3 is 0 Å². The molecule has 1 aliphatic carbocycles. The second kappa shape index (κ2) is 4.38. The number of carbonyl (C=O) groups excluding carboxylic acids is 1. The molecular formula is C17H16N2O2. The predicted molar refractivity (Wildman–Crippen MR) is 80.3 cm³/mol. The van der Waals surface area contributed by atoms with Crippen LogP contribution in [0.25, 0.3) is 11.1 Å². The average Bonchev–Trinajstić information content (AvgIpc) is 3.15. The van der Waals surface area contributed by atoms with Crippen molar-refractivity contribution in [2.75, 3.05) is 0 Å². The molecule has 1 aliphatic heterocycles. The number of benzene rings is 1. The molecule has 2 aromatic rings. The predicted octanol–water partition coefficient (Wildman–Crippen LogP) is 3.81. The van der Waals surface area contributed by atoms with E-state index in [2.05, 4.69) is 11.2 Å². The minimum Gasteiger partial charge on any atom is -0.361 e. The van der Waals surface area contributed by atoms with E-state index < -0.39 is 0 Å². The van der Waals surface area contributed by atoms with Crippen molar-refractivity contribution in [1.29, 1.82) is 0 Å². The van der Waals surface area contributed by atoms with Crippen molar-refractivity contribution in [2.45, 2.75) is 33.1 Å². The van der Waals surface area contributed by atoms with Gasteiger partial charge in [0.2, 0.25) is 0 Å². The van der Waals surface area contributed by atoms with Crippen molar-refractivity contribution in [3.8, 4) is 11.1 Å². The van der Waals surface area contributed by atoms with Crippen molar-refractivity contribution < 1.29 is 9.32 Å². The van der Waals surface area contributed by atoms with Gasteiger partial charge in [-0.25, -0.2) is 0 Å². The second-order valence-electron chi connectivity index (χ2n) is 5.94. The first kappa shape index (κ1) is 12.5. The van der Waals surface area contributed by atoms with Crippen LogP contribution in [0, 0.1) is 19.8 Å². The van der Waals surface area contributed by atoms with Gasteiger partial charge in [-0.05, 0) is 55.9 Å². The first-order valence-electron chi connectivity index (χ1n) is 7.30. The summed E-state index contributed by atoms with van der Waals surface area (Å²) in [6.45, 7) is 3.82. The molecule has 21 heavy (non-hydrogen) atoms. The highest BCUT2D eigenvalue weighted by Gasteiger charge is 2.32. The zero-order valence-corrected chi connectivity index (χ0v) is 12.1. The molecule has 2 heterocycles. The molecule has 4 rings (SSSR count). The molecule has 1 aromatic heterocycles. The highest BCUT2D eigenvalue weighted by molar-refractivity contribution is 6.01. The fraction of sp³-hybridized carbons (Fsp3) is 0.353. The van der Waals surface area contributed by atoms with E-state index in [0.29, 0.717) is 11.5 Å². The number of fused-ring (bicyclic) bond motifs is 1. The maximum absolute atomic E-state index is 11.4. The minimum atomic E-state index is 0.638. The summed E-state index contributed by atoms with van der Waals surface area (Å²) in [5, 5.41) is 4.00. The summed E-state index contributed by atoms with van der Waals surface area (Å²) >= 11 is 0. The van der Waals surface area contributed by atoms with Crippen LogP contribution in [0.15, 0.2) is 21.6 Å². The molecule has 2 aliphatic rings. The molecule has 0 radical (unpaired) electrons. The Hall–Kier alpha value is -2.23. The summed E-state index contributed by atoms with van der Waals surface area (Å²) in [6.07, 6.45) is 4.25. The lowest BCUT2D eigenvalue weighted by Crippen LogP contribution is -1.99. The van der Waals surface area contributed by atoms with Crippen LogP contribution in [-0.2, 0) is 6.42 Å². The highest BCUT2D eigenvalue weighted by Crippen LogP contribution is 2.41. The molecule has 1 aromatic carbocycles. The van der Waals surface area contributed by atoms with E-state index in [9.17, 15) is 4.79 Å². The molecular weight excluding hydrogens is 264 g/mol. The molecule has 0 spiro atoms. The van der Waals surface area contributed by atoms with Crippen LogP contribution in [0.1, 0.15) is 40.2 Å². The first-order valence-corrected chi connectivity index (χ1v) is 7.30. The van der Waals surface area contributed by atoms with Crippen molar-refractivity contribution >= 4 is 17.7 Å². The number of aliphatic imine (C=N–C) groups is 1. The van der Waals surface area contributed by atoms with Crippen molar-refractivity contribution in [3.63, 3.8) is 0 Å². The smallest absolute Gasteiger partial charge is 0.152 e. The van der Waals surface area contributed by atoms with Gasteiger partial charge in [-0.3, -0.25) is 9.79 Å². The van der Waals surface area contributed by atoms with Gasteiger partial charge in [-0.15, -0.1) is 0 Å². The van der Waals surface area contributed by atoms with E-state index in [1.807, 2.05) is 19.9 Å². The molecule has 106 valence electrons. The number of rotatable bonds is 3. The lowest BCUT2D eigenvalue weighted by Gasteiger charge is -2.06. The lowest BCUT2D eigenvalue weighted by molar-refractivity contribution is 0.112. The van der Waals surface area contributed by atoms with Crippen molar-refractivity contribution in [1.82, 2.24) is 5.16 Å². The van der Waals surface area contributed by atoms with E-state index >= 15 is 0 Å². The number of hydrogen-bond acceptors (Lipinski definition) is 4. The van der Waals surface area contributed by atoms with E-state index in [4.69, 9.17) is 9.52 Å². The molecule has 1 fully saturated rings. The summed E-state index contributed by atoms with van der Waals surface area (Å²) in [6, 6.07) is 4.03. The van der Waals surface area contributed by atoms with Gasteiger partial charge in [-0.1, -0.05) is 5.16 Å². The largest absolute Gasteiger partial charge is 0.361 e. The normalized spacial score (nSPS) is 16.8. The molecule has 4 heteroatoms. The standard InChI is InChI=1S/C17H16N2O2/c1-9-16(10(2)21-19-9)12-5-13-7-15(11-3-4-11)18-17(13)14(6-12)8-20/h5-6,8,11H,3-4,7H2,1-2H3. The third-order valence-electron chi connectivity index (χ3n) is 4.34. The average molecular weight is 280 g/mol. The highest BCUT2D eigenvalue weighted by atomic mass is 16.5. The van der Waals surface area contributed by atoms with Gasteiger partial charge in [0.1, 0.15) is 5.76 Å².